The molecule has 2 heterocycles. The summed E-state index contributed by atoms with van der Waals surface area (Å²) in [5.74, 6) is 1.65. The number of hydrogen-bond acceptors (Lipinski definition) is 5. The SMILES string of the molecule is CNC1COc2ccc(CNS(=O)(=O)c3cnc(C)[nH]3)cc2C1Cc1ccccc1. The van der Waals surface area contributed by atoms with E-state index in [0.29, 0.717) is 12.4 Å². The second kappa shape index (κ2) is 8.59. The number of ether oxygens (including phenoxy) is 1. The van der Waals surface area contributed by atoms with Crippen LogP contribution in [0.4, 0.5) is 0 Å². The van der Waals surface area contributed by atoms with E-state index in [9.17, 15) is 8.42 Å². The lowest BCUT2D eigenvalue weighted by molar-refractivity contribution is 0.218. The fourth-order valence-corrected chi connectivity index (χ4v) is 4.82. The van der Waals surface area contributed by atoms with E-state index < -0.39 is 10.0 Å². The Balaban J connectivity index is 1.57. The average molecular weight is 427 g/mol. The number of benzene rings is 2. The molecule has 2 unspecified atom stereocenters. The Morgan fingerprint density at radius 2 is 1.97 bits per heavy atom. The number of aromatic nitrogens is 2. The third kappa shape index (κ3) is 4.40. The number of sulfonamides is 1. The number of aryl methyl sites for hydroxylation is 1. The largest absolute Gasteiger partial charge is 0.492 e. The third-order valence-electron chi connectivity index (χ3n) is 5.48. The van der Waals surface area contributed by atoms with E-state index in [2.05, 4.69) is 32.1 Å². The van der Waals surface area contributed by atoms with Crippen LogP contribution >= 0.6 is 0 Å². The maximum Gasteiger partial charge on any atom is 0.257 e. The van der Waals surface area contributed by atoms with Gasteiger partial charge in [0.05, 0.1) is 6.20 Å². The van der Waals surface area contributed by atoms with E-state index in [-0.39, 0.29) is 23.5 Å². The van der Waals surface area contributed by atoms with Gasteiger partial charge in [-0.05, 0) is 43.1 Å². The molecule has 4 rings (SSSR count). The van der Waals surface area contributed by atoms with Crippen molar-refractivity contribution in [3.05, 3.63) is 77.2 Å². The molecule has 1 aliphatic heterocycles. The van der Waals surface area contributed by atoms with Crippen molar-refractivity contribution in [1.82, 2.24) is 20.0 Å². The van der Waals surface area contributed by atoms with E-state index in [0.717, 1.165) is 23.3 Å². The molecule has 0 saturated carbocycles. The fraction of sp³-hybridized carbons (Fsp3) is 0.318. The summed E-state index contributed by atoms with van der Waals surface area (Å²) in [6, 6.07) is 16.4. The number of rotatable bonds is 7. The first-order valence-electron chi connectivity index (χ1n) is 9.94. The molecule has 0 bridgehead atoms. The summed E-state index contributed by atoms with van der Waals surface area (Å²) in [5.41, 5.74) is 3.24. The molecular weight excluding hydrogens is 400 g/mol. The molecule has 0 radical (unpaired) electrons. The zero-order valence-electron chi connectivity index (χ0n) is 17.1. The third-order valence-corrected chi connectivity index (χ3v) is 6.79. The Morgan fingerprint density at radius 3 is 2.67 bits per heavy atom. The highest BCUT2D eigenvalue weighted by atomic mass is 32.2. The van der Waals surface area contributed by atoms with Gasteiger partial charge in [0.15, 0.2) is 5.03 Å². The Hall–Kier alpha value is -2.68. The first kappa shape index (κ1) is 20.6. The Bertz CT molecular complexity index is 1110. The van der Waals surface area contributed by atoms with E-state index in [4.69, 9.17) is 4.74 Å². The van der Waals surface area contributed by atoms with Gasteiger partial charge in [-0.15, -0.1) is 0 Å². The molecular formula is C22H26N4O3S. The molecule has 0 amide bonds. The van der Waals surface area contributed by atoms with Crippen LogP contribution in [0.1, 0.15) is 28.4 Å². The lowest BCUT2D eigenvalue weighted by Crippen LogP contribution is -2.41. The maximum absolute atomic E-state index is 12.5. The van der Waals surface area contributed by atoms with Gasteiger partial charge in [-0.2, -0.15) is 0 Å². The minimum Gasteiger partial charge on any atom is -0.492 e. The van der Waals surface area contributed by atoms with Gasteiger partial charge in [-0.1, -0.05) is 42.5 Å². The molecule has 7 nitrogen and oxygen atoms in total. The molecule has 0 saturated heterocycles. The van der Waals surface area contributed by atoms with Crippen LogP contribution in [0.3, 0.4) is 0 Å². The molecule has 0 fully saturated rings. The highest BCUT2D eigenvalue weighted by molar-refractivity contribution is 7.89. The van der Waals surface area contributed by atoms with Crippen LogP contribution in [0, 0.1) is 6.92 Å². The summed E-state index contributed by atoms with van der Waals surface area (Å²) in [5, 5.41) is 3.44. The number of nitrogens with zero attached hydrogens (tertiary/aromatic N) is 1. The van der Waals surface area contributed by atoms with Crippen LogP contribution in [0.15, 0.2) is 59.8 Å². The number of fused-ring (bicyclic) bond motifs is 1. The standard InChI is InChI=1S/C22H26N4O3S/c1-15-24-13-22(26-15)30(27,28)25-12-17-8-9-21-19(11-17)18(20(23-2)14-29-21)10-16-6-4-3-5-7-16/h3-9,11,13,18,20,23,25H,10,12,14H2,1-2H3,(H,24,26). The Kier molecular flexibility index (Phi) is 5.90. The van der Waals surface area contributed by atoms with Crippen molar-refractivity contribution < 1.29 is 13.2 Å². The van der Waals surface area contributed by atoms with Crippen LogP contribution in [0.25, 0.3) is 0 Å². The zero-order chi connectivity index (χ0) is 21.1. The molecule has 0 spiro atoms. The topological polar surface area (TPSA) is 96.1 Å². The molecule has 0 aliphatic carbocycles. The van der Waals surface area contributed by atoms with Crippen molar-refractivity contribution in [1.29, 1.82) is 0 Å². The van der Waals surface area contributed by atoms with Crippen LogP contribution in [0.2, 0.25) is 0 Å². The lowest BCUT2D eigenvalue weighted by Gasteiger charge is -2.34. The predicted octanol–water partition coefficient (Wildman–Crippen LogP) is 2.50. The van der Waals surface area contributed by atoms with Crippen molar-refractivity contribution >= 4 is 10.0 Å². The summed E-state index contributed by atoms with van der Waals surface area (Å²) < 4.78 is 33.6. The smallest absolute Gasteiger partial charge is 0.257 e. The molecule has 1 aliphatic rings. The molecule has 3 aromatic rings. The molecule has 30 heavy (non-hydrogen) atoms. The van der Waals surface area contributed by atoms with Gasteiger partial charge in [-0.3, -0.25) is 0 Å². The van der Waals surface area contributed by atoms with Crippen LogP contribution in [-0.4, -0.2) is 38.1 Å². The first-order valence-corrected chi connectivity index (χ1v) is 11.4. The molecule has 8 heteroatoms. The van der Waals surface area contributed by atoms with Crippen LogP contribution < -0.4 is 14.8 Å². The van der Waals surface area contributed by atoms with Gasteiger partial charge < -0.3 is 15.0 Å². The Morgan fingerprint density at radius 1 is 1.17 bits per heavy atom. The molecule has 2 atom stereocenters. The first-order chi connectivity index (χ1) is 14.5. The number of nitrogens with one attached hydrogen (secondary N) is 3. The quantitative estimate of drug-likeness (QED) is 0.540. The number of aromatic amines is 1. The highest BCUT2D eigenvalue weighted by Crippen LogP contribution is 2.36. The minimum atomic E-state index is -3.65. The van der Waals surface area contributed by atoms with Crippen molar-refractivity contribution in [2.45, 2.75) is 36.9 Å². The average Bonchev–Trinajstić information content (AvgIpc) is 3.21. The number of imidazole rings is 1. The van der Waals surface area contributed by atoms with Gasteiger partial charge in [0.2, 0.25) is 0 Å². The highest BCUT2D eigenvalue weighted by Gasteiger charge is 2.30. The Labute approximate surface area is 176 Å². The van der Waals surface area contributed by atoms with Crippen molar-refractivity contribution in [2.24, 2.45) is 0 Å². The van der Waals surface area contributed by atoms with Crippen molar-refractivity contribution in [3.63, 3.8) is 0 Å². The second-order valence-corrected chi connectivity index (χ2v) is 9.27. The van der Waals surface area contributed by atoms with Crippen molar-refractivity contribution in [2.75, 3.05) is 13.7 Å². The van der Waals surface area contributed by atoms with Crippen molar-refractivity contribution in [3.8, 4) is 5.75 Å². The summed E-state index contributed by atoms with van der Waals surface area (Å²) in [6.45, 7) is 2.51. The zero-order valence-corrected chi connectivity index (χ0v) is 17.9. The fourth-order valence-electron chi connectivity index (χ4n) is 3.84. The molecule has 1 aromatic heterocycles. The molecule has 158 valence electrons. The van der Waals surface area contributed by atoms with Gasteiger partial charge in [0.1, 0.15) is 18.2 Å². The minimum absolute atomic E-state index is 0.0681. The summed E-state index contributed by atoms with van der Waals surface area (Å²) >= 11 is 0. The van der Waals surface area contributed by atoms with Gasteiger partial charge in [0.25, 0.3) is 10.0 Å². The number of H-pyrrole nitrogens is 1. The summed E-state index contributed by atoms with van der Waals surface area (Å²) in [4.78, 5) is 6.73. The predicted molar refractivity (Wildman–Crippen MR) is 115 cm³/mol. The summed E-state index contributed by atoms with van der Waals surface area (Å²) in [7, 11) is -1.70. The van der Waals surface area contributed by atoms with E-state index in [1.165, 1.54) is 11.8 Å². The van der Waals surface area contributed by atoms with Crippen LogP contribution in [-0.2, 0) is 23.0 Å². The lowest BCUT2D eigenvalue weighted by atomic mass is 9.83. The van der Waals surface area contributed by atoms with Crippen LogP contribution in [0.5, 0.6) is 5.75 Å². The molecule has 2 aromatic carbocycles. The van der Waals surface area contributed by atoms with E-state index in [1.807, 2.05) is 43.4 Å². The number of hydrogen-bond donors (Lipinski definition) is 3. The van der Waals surface area contributed by atoms with Gasteiger partial charge in [0, 0.05) is 18.5 Å². The van der Waals surface area contributed by atoms with E-state index >= 15 is 0 Å². The second-order valence-electron chi connectivity index (χ2n) is 7.53. The van der Waals surface area contributed by atoms with E-state index in [1.54, 1.807) is 6.92 Å². The monoisotopic (exact) mass is 426 g/mol. The van der Waals surface area contributed by atoms with Gasteiger partial charge >= 0.3 is 0 Å². The normalized spacial score (nSPS) is 18.6. The number of likely N-dealkylation sites (N-methyl/N-ethyl adjacent to an activating group) is 1. The summed E-state index contributed by atoms with van der Waals surface area (Å²) in [6.07, 6.45) is 2.21. The van der Waals surface area contributed by atoms with Gasteiger partial charge in [-0.25, -0.2) is 18.1 Å². The maximum atomic E-state index is 12.5. The molecule has 3 N–H and O–H groups in total.